The quantitative estimate of drug-likeness (QED) is 0.0668. The van der Waals surface area contributed by atoms with Crippen LogP contribution in [-0.4, -0.2) is 74.2 Å². The molecule has 0 aromatic heterocycles. The van der Waals surface area contributed by atoms with E-state index in [9.17, 15) is 10.2 Å². The Morgan fingerprint density at radius 2 is 0.906 bits per heavy atom. The predicted octanol–water partition coefficient (Wildman–Crippen LogP) is 18.8. The zero-order valence-electron chi connectivity index (χ0n) is 39.2. The van der Waals surface area contributed by atoms with Crippen LogP contribution in [0.15, 0.2) is 36.4 Å². The smallest absolute Gasteiger partial charge is 0.119 e. The van der Waals surface area contributed by atoms with Gasteiger partial charge in [-0.1, -0.05) is 204 Å². The van der Waals surface area contributed by atoms with E-state index in [1.807, 2.05) is 12.1 Å². The highest BCUT2D eigenvalue weighted by Gasteiger charge is 2.47. The topological polar surface area (TPSA) is 40.5 Å². The molecular formula is C50H76O2S12. The highest BCUT2D eigenvalue weighted by atomic mass is 33.7. The zero-order valence-corrected chi connectivity index (χ0v) is 49.0. The lowest BCUT2D eigenvalue weighted by atomic mass is 9.85. The van der Waals surface area contributed by atoms with E-state index in [1.54, 1.807) is 0 Å². The van der Waals surface area contributed by atoms with E-state index in [-0.39, 0.29) is 10.8 Å². The van der Waals surface area contributed by atoms with E-state index in [4.69, 9.17) is 0 Å². The van der Waals surface area contributed by atoms with Crippen molar-refractivity contribution in [3.63, 3.8) is 0 Å². The first kappa shape index (κ1) is 54.0. The highest BCUT2D eigenvalue weighted by molar-refractivity contribution is 9.26. The molecule has 5 saturated heterocycles. The highest BCUT2D eigenvalue weighted by Crippen LogP contribution is 2.61. The summed E-state index contributed by atoms with van der Waals surface area (Å²) in [6, 6.07) is 12.7. The van der Waals surface area contributed by atoms with Gasteiger partial charge in [-0.15, -0.1) is 0 Å². The van der Waals surface area contributed by atoms with Crippen LogP contribution in [-0.2, 0) is 23.7 Å². The Kier molecular flexibility index (Phi) is 22.6. The SMILES string of the molecule is CC(C)(C)c1ccc(CCCCCCCC2SSSSC(CC3CSSCC(CC4SC4CC4SC4CCCCCCCc4ccc(C(C)(C)C)c(O)c4)SS3)C3CC2SS3)cc1O. The van der Waals surface area contributed by atoms with Crippen LogP contribution in [0, 0.1) is 0 Å². The molecule has 0 radical (unpaired) electrons. The van der Waals surface area contributed by atoms with Crippen molar-refractivity contribution in [1.82, 2.24) is 0 Å². The Balaban J connectivity index is 0.716. The molecule has 10 atom stereocenters. The summed E-state index contributed by atoms with van der Waals surface area (Å²) in [4.78, 5) is 0. The monoisotopic (exact) mass is 1090 g/mol. The molecule has 0 saturated carbocycles. The van der Waals surface area contributed by atoms with E-state index in [2.05, 4.69) is 195 Å². The molecule has 10 unspecified atom stereocenters. The summed E-state index contributed by atoms with van der Waals surface area (Å²) in [5, 5.41) is 29.5. The van der Waals surface area contributed by atoms with E-state index < -0.39 is 0 Å². The van der Waals surface area contributed by atoms with Gasteiger partial charge in [0.25, 0.3) is 0 Å². The van der Waals surface area contributed by atoms with Crippen molar-refractivity contribution < 1.29 is 10.2 Å². The summed E-state index contributed by atoms with van der Waals surface area (Å²) >= 11 is 4.61. The number of hydrogen-bond donors (Lipinski definition) is 2. The number of benzene rings is 2. The Hall–Kier alpha value is 2.24. The number of hydrogen-bond acceptors (Lipinski definition) is 14. The molecule has 0 aliphatic carbocycles. The lowest BCUT2D eigenvalue weighted by Gasteiger charge is -2.28. The van der Waals surface area contributed by atoms with Crippen molar-refractivity contribution in [2.45, 2.75) is 220 Å². The van der Waals surface area contributed by atoms with Crippen LogP contribution in [0.25, 0.3) is 0 Å². The third-order valence-corrected chi connectivity index (χ3v) is 33.7. The average molecular weight is 1090 g/mol. The number of phenols is 2. The van der Waals surface area contributed by atoms with Gasteiger partial charge in [-0.05, 0) is 129 Å². The van der Waals surface area contributed by atoms with Gasteiger partial charge in [-0.25, -0.2) is 0 Å². The van der Waals surface area contributed by atoms with Crippen LogP contribution in [0.1, 0.15) is 167 Å². The number of aryl methyl sites for hydroxylation is 2. The number of fused-ring (bicyclic) bond motifs is 2. The van der Waals surface area contributed by atoms with Gasteiger partial charge in [-0.3, -0.25) is 0 Å². The van der Waals surface area contributed by atoms with Crippen LogP contribution in [0.4, 0.5) is 0 Å². The standard InChI is InChI=1S/C50H76O2S12/c1-49(2,3)37-23-21-33(25-39(37)51)17-13-9-7-11-15-19-41-44(55-41)29-45-43(56-45)27-35-31-53-54-32-36(58-57-35)28-46-48-30-47(59-60-48)42(61-63-64-62-46)20-16-12-8-10-14-18-34-22-24-38(40(52)26-34)50(4,5)6/h21-26,35-36,41-48,51-52H,7-20,27-32H2,1-6H3. The largest absolute Gasteiger partial charge is 0.508 e. The molecule has 0 amide bonds. The molecule has 360 valence electrons. The van der Waals surface area contributed by atoms with Crippen molar-refractivity contribution in [1.29, 1.82) is 0 Å². The van der Waals surface area contributed by atoms with Crippen molar-refractivity contribution in [3.8, 4) is 11.5 Å². The third kappa shape index (κ3) is 17.8. The Morgan fingerprint density at radius 1 is 0.469 bits per heavy atom. The third-order valence-electron chi connectivity index (χ3n) is 13.3. The average Bonchev–Trinajstić information content (AvgIpc) is 4.10. The van der Waals surface area contributed by atoms with Crippen molar-refractivity contribution >= 4 is 130 Å². The minimum atomic E-state index is -0.0156. The summed E-state index contributed by atoms with van der Waals surface area (Å²) in [7, 11) is 22.0. The van der Waals surface area contributed by atoms with Crippen LogP contribution in [0.2, 0.25) is 0 Å². The summed E-state index contributed by atoms with van der Waals surface area (Å²) in [5.41, 5.74) is 4.63. The molecular weight excluding hydrogens is 1020 g/mol. The second-order valence-corrected chi connectivity index (χ2v) is 38.3. The zero-order chi connectivity index (χ0) is 45.1. The van der Waals surface area contributed by atoms with Gasteiger partial charge in [0.05, 0.1) is 0 Å². The summed E-state index contributed by atoms with van der Waals surface area (Å²) in [5.74, 6) is 3.56. The first-order chi connectivity index (χ1) is 30.8. The van der Waals surface area contributed by atoms with Crippen LogP contribution in [0.3, 0.4) is 0 Å². The number of phenolic OH excluding ortho intramolecular Hbond substituents is 2. The minimum Gasteiger partial charge on any atom is -0.508 e. The molecule has 5 aliphatic heterocycles. The molecule has 2 aromatic carbocycles. The van der Waals surface area contributed by atoms with Gasteiger partial charge >= 0.3 is 0 Å². The Bertz CT molecular complexity index is 1720. The van der Waals surface area contributed by atoms with Crippen LogP contribution < -0.4 is 0 Å². The van der Waals surface area contributed by atoms with Gasteiger partial charge in [0.2, 0.25) is 0 Å². The molecule has 64 heavy (non-hydrogen) atoms. The van der Waals surface area contributed by atoms with E-state index in [0.29, 0.717) is 11.5 Å². The maximum Gasteiger partial charge on any atom is 0.119 e. The first-order valence-electron chi connectivity index (χ1n) is 24.3. The van der Waals surface area contributed by atoms with Gasteiger partial charge < -0.3 is 10.2 Å². The molecule has 2 N–H and O–H groups in total. The van der Waals surface area contributed by atoms with Crippen LogP contribution >= 0.6 is 130 Å². The summed E-state index contributed by atoms with van der Waals surface area (Å²) in [6.45, 7) is 13.0. The molecule has 7 rings (SSSR count). The molecule has 5 fully saturated rings. The van der Waals surface area contributed by atoms with Crippen molar-refractivity contribution in [3.05, 3.63) is 58.7 Å². The second kappa shape index (κ2) is 26.8. The van der Waals surface area contributed by atoms with Crippen LogP contribution in [0.5, 0.6) is 11.5 Å². The fourth-order valence-electron chi connectivity index (χ4n) is 9.36. The summed E-state index contributed by atoms with van der Waals surface area (Å²) < 4.78 is 0. The molecule has 0 spiro atoms. The van der Waals surface area contributed by atoms with Crippen molar-refractivity contribution in [2.75, 3.05) is 11.5 Å². The fourth-order valence-corrected chi connectivity index (χ4v) is 31.9. The fraction of sp³-hybridized carbons (Fsp3) is 0.760. The van der Waals surface area contributed by atoms with E-state index in [1.165, 1.54) is 125 Å². The van der Waals surface area contributed by atoms with E-state index >= 15 is 0 Å². The molecule has 5 heterocycles. The molecule has 2 aromatic rings. The Morgan fingerprint density at radius 3 is 1.45 bits per heavy atom. The number of aromatic hydroxyl groups is 2. The number of thioether (sulfide) groups is 2. The second-order valence-electron chi connectivity index (χ2n) is 20.9. The lowest BCUT2D eigenvalue weighted by molar-refractivity contribution is 0.445. The predicted molar refractivity (Wildman–Crippen MR) is 314 cm³/mol. The number of rotatable bonds is 22. The van der Waals surface area contributed by atoms with Gasteiger partial charge in [-0.2, -0.15) is 23.5 Å². The first-order valence-corrected chi connectivity index (χ1v) is 38.2. The molecule has 2 nitrogen and oxygen atoms in total. The maximum atomic E-state index is 10.5. The normalized spacial score (nSPS) is 30.0. The van der Waals surface area contributed by atoms with Crippen molar-refractivity contribution in [2.24, 2.45) is 0 Å². The van der Waals surface area contributed by atoms with E-state index in [0.717, 1.165) is 76.5 Å². The number of unbranched alkanes of at least 4 members (excludes halogenated alkanes) is 8. The Labute approximate surface area is 437 Å². The summed E-state index contributed by atoms with van der Waals surface area (Å²) in [6.07, 6.45) is 23.9. The molecule has 5 aliphatic rings. The van der Waals surface area contributed by atoms with Gasteiger partial charge in [0, 0.05) is 64.0 Å². The van der Waals surface area contributed by atoms with Gasteiger partial charge in [0.1, 0.15) is 11.5 Å². The van der Waals surface area contributed by atoms with Gasteiger partial charge in [0.15, 0.2) is 0 Å². The molecule has 2 bridgehead atoms. The maximum absolute atomic E-state index is 10.5. The lowest BCUT2D eigenvalue weighted by Crippen LogP contribution is -2.26. The minimum absolute atomic E-state index is 0.00918. The molecule has 14 heteroatoms.